The first-order valence-electron chi connectivity index (χ1n) is 5.89. The van der Waals surface area contributed by atoms with E-state index in [9.17, 15) is 4.39 Å². The molecule has 1 nitrogen and oxygen atoms in total. The van der Waals surface area contributed by atoms with Crippen molar-refractivity contribution in [1.29, 1.82) is 0 Å². The summed E-state index contributed by atoms with van der Waals surface area (Å²) in [5, 5.41) is 4.42. The summed E-state index contributed by atoms with van der Waals surface area (Å²) in [5.41, 5.74) is 1.19. The number of halogens is 3. The van der Waals surface area contributed by atoms with Crippen LogP contribution in [0.4, 0.5) is 4.39 Å². The molecule has 0 saturated heterocycles. The van der Waals surface area contributed by atoms with Crippen molar-refractivity contribution < 1.29 is 4.39 Å². The van der Waals surface area contributed by atoms with Gasteiger partial charge in [0.2, 0.25) is 0 Å². The molecule has 1 aromatic carbocycles. The van der Waals surface area contributed by atoms with Gasteiger partial charge in [-0.25, -0.2) is 4.39 Å². The van der Waals surface area contributed by atoms with E-state index >= 15 is 0 Å². The summed E-state index contributed by atoms with van der Waals surface area (Å²) in [5.74, 6) is -0.189. The van der Waals surface area contributed by atoms with Gasteiger partial charge >= 0.3 is 0 Å². The highest BCUT2D eigenvalue weighted by atomic mass is 79.9. The molecule has 0 amide bonds. The molecule has 0 aliphatic rings. The quantitative estimate of drug-likeness (QED) is 0.538. The second-order valence-corrected chi connectivity index (χ2v) is 9.20. The second kappa shape index (κ2) is 5.85. The van der Waals surface area contributed by atoms with Crippen LogP contribution in [0.3, 0.4) is 0 Å². The second-order valence-electron chi connectivity index (χ2n) is 4.33. The van der Waals surface area contributed by atoms with Crippen molar-refractivity contribution in [2.75, 3.05) is 7.05 Å². The third-order valence-corrected chi connectivity index (χ3v) is 6.62. The fraction of sp³-hybridized carbons (Fsp3) is 0.143. The molecule has 3 rings (SSSR count). The van der Waals surface area contributed by atoms with E-state index in [2.05, 4.69) is 49.3 Å². The third-order valence-electron chi connectivity index (χ3n) is 3.07. The zero-order valence-corrected chi connectivity index (χ0v) is 15.2. The molecular weight excluding hydrogens is 425 g/mol. The van der Waals surface area contributed by atoms with E-state index in [-0.39, 0.29) is 11.9 Å². The Morgan fingerprint density at radius 1 is 1.15 bits per heavy atom. The topological polar surface area (TPSA) is 12.0 Å². The van der Waals surface area contributed by atoms with Crippen molar-refractivity contribution in [3.63, 3.8) is 0 Å². The van der Waals surface area contributed by atoms with Crippen LogP contribution in [0, 0.1) is 5.82 Å². The van der Waals surface area contributed by atoms with Gasteiger partial charge in [0, 0.05) is 15.1 Å². The number of thiophene rings is 2. The molecule has 3 aromatic rings. The maximum absolute atomic E-state index is 13.3. The first kappa shape index (κ1) is 14.7. The number of rotatable bonds is 3. The van der Waals surface area contributed by atoms with Crippen molar-refractivity contribution >= 4 is 64.6 Å². The van der Waals surface area contributed by atoms with Crippen LogP contribution in [-0.4, -0.2) is 7.05 Å². The molecule has 1 atom stereocenters. The average Bonchev–Trinajstić information content (AvgIpc) is 2.94. The van der Waals surface area contributed by atoms with Gasteiger partial charge in [0.05, 0.1) is 13.6 Å². The highest BCUT2D eigenvalue weighted by Crippen LogP contribution is 2.40. The number of fused-ring (bicyclic) bond motifs is 1. The third kappa shape index (κ3) is 2.72. The van der Waals surface area contributed by atoms with E-state index in [0.717, 1.165) is 17.7 Å². The van der Waals surface area contributed by atoms with Gasteiger partial charge in [-0.1, -0.05) is 6.07 Å². The molecule has 2 heterocycles. The Morgan fingerprint density at radius 2 is 1.95 bits per heavy atom. The van der Waals surface area contributed by atoms with E-state index in [1.807, 2.05) is 13.1 Å². The Morgan fingerprint density at radius 3 is 2.60 bits per heavy atom. The van der Waals surface area contributed by atoms with Crippen LogP contribution < -0.4 is 5.32 Å². The molecule has 6 heteroatoms. The van der Waals surface area contributed by atoms with E-state index in [0.29, 0.717) is 0 Å². The monoisotopic (exact) mass is 433 g/mol. The molecule has 0 saturated carbocycles. The Hall–Kier alpha value is -0.270. The number of nitrogens with one attached hydrogen (secondary N) is 1. The van der Waals surface area contributed by atoms with Crippen LogP contribution in [0.15, 0.2) is 37.9 Å². The lowest BCUT2D eigenvalue weighted by atomic mass is 10.1. The molecule has 0 aliphatic heterocycles. The minimum absolute atomic E-state index is 0.104. The number of hydrogen-bond donors (Lipinski definition) is 1. The zero-order valence-electron chi connectivity index (χ0n) is 10.4. The number of benzene rings is 1. The van der Waals surface area contributed by atoms with E-state index < -0.39 is 0 Å². The SMILES string of the molecule is CNC(c1cc2ccc(F)cc2s1)c1cc(Br)sc1Br. The first-order chi connectivity index (χ1) is 9.58. The lowest BCUT2D eigenvalue weighted by molar-refractivity contribution is 0.630. The average molecular weight is 435 g/mol. The fourth-order valence-corrected chi connectivity index (χ4v) is 6.29. The van der Waals surface area contributed by atoms with Crippen molar-refractivity contribution in [3.05, 3.63) is 54.2 Å². The Kier molecular flexibility index (Phi) is 4.29. The standard InChI is InChI=1S/C14H10Br2FNS2/c1-18-13(9-6-12(15)20-14(9)16)11-4-7-2-3-8(17)5-10(7)19-11/h2-6,13,18H,1H3. The van der Waals surface area contributed by atoms with Gasteiger partial charge in [-0.3, -0.25) is 0 Å². The van der Waals surface area contributed by atoms with Crippen molar-refractivity contribution in [2.45, 2.75) is 6.04 Å². The molecule has 0 spiro atoms. The van der Waals surface area contributed by atoms with E-state index in [1.54, 1.807) is 28.7 Å². The molecule has 1 unspecified atom stereocenters. The normalized spacial score (nSPS) is 13.0. The zero-order chi connectivity index (χ0) is 14.3. The Bertz CT molecular complexity index is 766. The van der Waals surface area contributed by atoms with Gasteiger partial charge in [0.1, 0.15) is 5.82 Å². The molecule has 104 valence electrons. The van der Waals surface area contributed by atoms with Gasteiger partial charge < -0.3 is 5.32 Å². The Balaban J connectivity index is 2.09. The highest BCUT2D eigenvalue weighted by molar-refractivity contribution is 9.12. The van der Waals surface area contributed by atoms with Gasteiger partial charge in [0.15, 0.2) is 0 Å². The molecule has 0 radical (unpaired) electrons. The van der Waals surface area contributed by atoms with Crippen LogP contribution in [-0.2, 0) is 0 Å². The summed E-state index contributed by atoms with van der Waals surface area (Å²) >= 11 is 10.4. The molecule has 1 N–H and O–H groups in total. The van der Waals surface area contributed by atoms with Crippen LogP contribution in [0.1, 0.15) is 16.5 Å². The smallest absolute Gasteiger partial charge is 0.124 e. The predicted octanol–water partition coefficient (Wildman–Crippen LogP) is 5.94. The van der Waals surface area contributed by atoms with Crippen molar-refractivity contribution in [1.82, 2.24) is 5.32 Å². The summed E-state index contributed by atoms with van der Waals surface area (Å²) in [4.78, 5) is 1.18. The van der Waals surface area contributed by atoms with Crippen molar-refractivity contribution in [3.8, 4) is 0 Å². The molecule has 0 bridgehead atoms. The van der Waals surface area contributed by atoms with Gasteiger partial charge in [-0.2, -0.15) is 0 Å². The predicted molar refractivity (Wildman–Crippen MR) is 92.4 cm³/mol. The van der Waals surface area contributed by atoms with Crippen LogP contribution in [0.5, 0.6) is 0 Å². The van der Waals surface area contributed by atoms with Gasteiger partial charge in [-0.05, 0) is 68.6 Å². The fourth-order valence-electron chi connectivity index (χ4n) is 2.17. The highest BCUT2D eigenvalue weighted by Gasteiger charge is 2.19. The summed E-state index contributed by atoms with van der Waals surface area (Å²) in [7, 11) is 1.94. The first-order valence-corrected chi connectivity index (χ1v) is 9.11. The summed E-state index contributed by atoms with van der Waals surface area (Å²) in [6.45, 7) is 0. The Labute approximate surface area is 141 Å². The van der Waals surface area contributed by atoms with E-state index in [4.69, 9.17) is 0 Å². The van der Waals surface area contributed by atoms with Crippen LogP contribution in [0.25, 0.3) is 10.1 Å². The van der Waals surface area contributed by atoms with Gasteiger partial charge in [-0.15, -0.1) is 22.7 Å². The molecular formula is C14H10Br2FNS2. The lowest BCUT2D eigenvalue weighted by Gasteiger charge is -2.13. The van der Waals surface area contributed by atoms with Crippen LogP contribution >= 0.6 is 54.5 Å². The summed E-state index contributed by atoms with van der Waals surface area (Å²) in [6, 6.07) is 9.27. The number of hydrogen-bond acceptors (Lipinski definition) is 3. The molecule has 0 aliphatic carbocycles. The van der Waals surface area contributed by atoms with Gasteiger partial charge in [0.25, 0.3) is 0 Å². The lowest BCUT2D eigenvalue weighted by Crippen LogP contribution is -2.16. The summed E-state index contributed by atoms with van der Waals surface area (Å²) < 4.78 is 16.5. The molecule has 0 fully saturated rings. The maximum atomic E-state index is 13.3. The van der Waals surface area contributed by atoms with Crippen molar-refractivity contribution in [2.24, 2.45) is 0 Å². The molecule has 20 heavy (non-hydrogen) atoms. The van der Waals surface area contributed by atoms with Crippen LogP contribution in [0.2, 0.25) is 0 Å². The maximum Gasteiger partial charge on any atom is 0.124 e. The minimum Gasteiger partial charge on any atom is -0.309 e. The summed E-state index contributed by atoms with van der Waals surface area (Å²) in [6.07, 6.45) is 0. The minimum atomic E-state index is -0.189. The van der Waals surface area contributed by atoms with E-state index in [1.165, 1.54) is 16.5 Å². The molecule has 2 aromatic heterocycles. The largest absolute Gasteiger partial charge is 0.309 e.